The summed E-state index contributed by atoms with van der Waals surface area (Å²) in [7, 11) is 1.76. The lowest BCUT2D eigenvalue weighted by Crippen LogP contribution is -2.52. The molecule has 0 bridgehead atoms. The Hall–Kier alpha value is -1.10. The van der Waals surface area contributed by atoms with Gasteiger partial charge in [-0.25, -0.2) is 0 Å². The van der Waals surface area contributed by atoms with Crippen LogP contribution < -0.4 is 5.32 Å². The summed E-state index contributed by atoms with van der Waals surface area (Å²) in [5.41, 5.74) is 0. The van der Waals surface area contributed by atoms with Crippen molar-refractivity contribution in [3.05, 3.63) is 0 Å². The molecule has 5 heteroatoms. The summed E-state index contributed by atoms with van der Waals surface area (Å²) in [5.74, 6) is -0.122. The maximum Gasteiger partial charge on any atom is 0.245 e. The first kappa shape index (κ1) is 16.0. The first-order valence-electron chi connectivity index (χ1n) is 7.10. The number of carbonyl (C=O) groups excluding carboxylic acids is 2. The van der Waals surface area contributed by atoms with Gasteiger partial charge in [-0.05, 0) is 25.7 Å². The highest BCUT2D eigenvalue weighted by Gasteiger charge is 2.30. The van der Waals surface area contributed by atoms with Gasteiger partial charge in [-0.3, -0.25) is 9.59 Å². The number of nitrogens with one attached hydrogen (secondary N) is 1. The minimum atomic E-state index is -0.445. The molecular weight excluding hydrogens is 244 g/mol. The molecule has 1 aliphatic rings. The van der Waals surface area contributed by atoms with E-state index in [1.807, 2.05) is 20.8 Å². The highest BCUT2D eigenvalue weighted by atomic mass is 16.5. The molecule has 0 spiro atoms. The second kappa shape index (κ2) is 7.48. The summed E-state index contributed by atoms with van der Waals surface area (Å²) < 4.78 is 5.32. The third-order valence-electron chi connectivity index (χ3n) is 3.61. The van der Waals surface area contributed by atoms with Gasteiger partial charge in [0, 0.05) is 20.2 Å². The first-order chi connectivity index (χ1) is 8.97. The van der Waals surface area contributed by atoms with Crippen LogP contribution in [0.5, 0.6) is 0 Å². The lowest BCUT2D eigenvalue weighted by molar-refractivity contribution is -0.139. The summed E-state index contributed by atoms with van der Waals surface area (Å²) in [6.07, 6.45) is 1.75. The zero-order valence-electron chi connectivity index (χ0n) is 12.4. The molecule has 1 fully saturated rings. The van der Waals surface area contributed by atoms with Crippen LogP contribution in [-0.2, 0) is 14.3 Å². The standard InChI is InChI=1S/C14H26N2O3/c1-5-16(4)14(18)12(10(2)3)15-13(17)11-7-6-8-19-9-11/h10-12H,5-9H2,1-4H3,(H,15,17)/t11-,12-/m0/s1. The molecule has 2 amide bonds. The molecule has 0 aromatic heterocycles. The summed E-state index contributed by atoms with van der Waals surface area (Å²) in [5, 5.41) is 2.89. The third-order valence-corrected chi connectivity index (χ3v) is 3.61. The Morgan fingerprint density at radius 1 is 1.42 bits per heavy atom. The van der Waals surface area contributed by atoms with Crippen LogP contribution in [0.15, 0.2) is 0 Å². The van der Waals surface area contributed by atoms with Gasteiger partial charge >= 0.3 is 0 Å². The summed E-state index contributed by atoms with van der Waals surface area (Å²) in [6, 6.07) is -0.445. The third kappa shape index (κ3) is 4.49. The van der Waals surface area contributed by atoms with E-state index in [-0.39, 0.29) is 23.7 Å². The lowest BCUT2D eigenvalue weighted by Gasteiger charge is -2.29. The van der Waals surface area contributed by atoms with Crippen LogP contribution in [-0.4, -0.2) is 49.6 Å². The fraction of sp³-hybridized carbons (Fsp3) is 0.857. The fourth-order valence-corrected chi connectivity index (χ4v) is 2.13. The van der Waals surface area contributed by atoms with E-state index < -0.39 is 6.04 Å². The van der Waals surface area contributed by atoms with E-state index in [9.17, 15) is 9.59 Å². The number of rotatable bonds is 5. The molecule has 1 rings (SSSR count). The second-order valence-corrected chi connectivity index (χ2v) is 5.50. The average Bonchev–Trinajstić information content (AvgIpc) is 2.43. The number of likely N-dealkylation sites (N-methyl/N-ethyl adjacent to an activating group) is 1. The van der Waals surface area contributed by atoms with Gasteiger partial charge in [0.05, 0.1) is 12.5 Å². The molecule has 1 N–H and O–H groups in total. The predicted octanol–water partition coefficient (Wildman–Crippen LogP) is 1.03. The maximum absolute atomic E-state index is 12.2. The number of amides is 2. The van der Waals surface area contributed by atoms with Crippen LogP contribution in [0.4, 0.5) is 0 Å². The Labute approximate surface area is 115 Å². The minimum Gasteiger partial charge on any atom is -0.381 e. The van der Waals surface area contributed by atoms with E-state index >= 15 is 0 Å². The Morgan fingerprint density at radius 2 is 2.11 bits per heavy atom. The molecule has 0 saturated carbocycles. The average molecular weight is 270 g/mol. The highest BCUT2D eigenvalue weighted by Crippen LogP contribution is 2.15. The Morgan fingerprint density at radius 3 is 2.58 bits per heavy atom. The molecule has 0 aliphatic carbocycles. The van der Waals surface area contributed by atoms with Gasteiger partial charge in [0.25, 0.3) is 0 Å². The van der Waals surface area contributed by atoms with Gasteiger partial charge < -0.3 is 15.0 Å². The van der Waals surface area contributed by atoms with E-state index in [1.54, 1.807) is 11.9 Å². The van der Waals surface area contributed by atoms with Crippen molar-refractivity contribution in [1.82, 2.24) is 10.2 Å². The maximum atomic E-state index is 12.2. The number of carbonyl (C=O) groups is 2. The predicted molar refractivity (Wildman–Crippen MR) is 73.6 cm³/mol. The SMILES string of the molecule is CCN(C)C(=O)[C@@H](NC(=O)[C@H]1CCCOC1)C(C)C. The number of hydrogen-bond donors (Lipinski definition) is 1. The van der Waals surface area contributed by atoms with Crippen molar-refractivity contribution < 1.29 is 14.3 Å². The van der Waals surface area contributed by atoms with Gasteiger partial charge in [0.15, 0.2) is 0 Å². The van der Waals surface area contributed by atoms with Crippen molar-refractivity contribution in [2.75, 3.05) is 26.8 Å². The molecule has 2 atom stereocenters. The quantitative estimate of drug-likeness (QED) is 0.812. The molecule has 1 aliphatic heterocycles. The van der Waals surface area contributed by atoms with E-state index in [2.05, 4.69) is 5.32 Å². The molecule has 0 aromatic carbocycles. The topological polar surface area (TPSA) is 58.6 Å². The summed E-state index contributed by atoms with van der Waals surface area (Å²) in [4.78, 5) is 26.0. The van der Waals surface area contributed by atoms with E-state index in [0.29, 0.717) is 13.2 Å². The lowest BCUT2D eigenvalue weighted by atomic mass is 9.98. The van der Waals surface area contributed by atoms with Crippen LogP contribution >= 0.6 is 0 Å². The van der Waals surface area contributed by atoms with Crippen molar-refractivity contribution in [3.8, 4) is 0 Å². The van der Waals surface area contributed by atoms with Crippen LogP contribution in [0.1, 0.15) is 33.6 Å². The van der Waals surface area contributed by atoms with Crippen molar-refractivity contribution in [2.24, 2.45) is 11.8 Å². The molecule has 19 heavy (non-hydrogen) atoms. The Bertz CT molecular complexity index is 312. The van der Waals surface area contributed by atoms with Gasteiger partial charge in [-0.2, -0.15) is 0 Å². The molecule has 0 aromatic rings. The molecule has 1 heterocycles. The molecule has 1 saturated heterocycles. The number of nitrogens with zero attached hydrogens (tertiary/aromatic N) is 1. The van der Waals surface area contributed by atoms with E-state index in [0.717, 1.165) is 19.4 Å². The van der Waals surface area contributed by atoms with Gasteiger partial charge in [-0.1, -0.05) is 13.8 Å². The largest absolute Gasteiger partial charge is 0.381 e. The van der Waals surface area contributed by atoms with Crippen molar-refractivity contribution in [3.63, 3.8) is 0 Å². The van der Waals surface area contributed by atoms with Crippen LogP contribution in [0.3, 0.4) is 0 Å². The molecular formula is C14H26N2O3. The van der Waals surface area contributed by atoms with Crippen LogP contribution in [0, 0.1) is 11.8 Å². The number of ether oxygens (including phenoxy) is 1. The van der Waals surface area contributed by atoms with Crippen LogP contribution in [0.2, 0.25) is 0 Å². The normalized spacial score (nSPS) is 21.0. The molecule has 0 unspecified atom stereocenters. The fourth-order valence-electron chi connectivity index (χ4n) is 2.13. The Kier molecular flexibility index (Phi) is 6.28. The smallest absolute Gasteiger partial charge is 0.245 e. The zero-order chi connectivity index (χ0) is 14.4. The van der Waals surface area contributed by atoms with E-state index in [4.69, 9.17) is 4.74 Å². The highest BCUT2D eigenvalue weighted by molar-refractivity contribution is 5.88. The number of hydrogen-bond acceptors (Lipinski definition) is 3. The van der Waals surface area contributed by atoms with Gasteiger partial charge in [-0.15, -0.1) is 0 Å². The van der Waals surface area contributed by atoms with Gasteiger partial charge in [0.1, 0.15) is 6.04 Å². The minimum absolute atomic E-state index is 0.0254. The summed E-state index contributed by atoms with van der Waals surface area (Å²) in [6.45, 7) is 7.66. The van der Waals surface area contributed by atoms with Crippen molar-refractivity contribution >= 4 is 11.8 Å². The molecule has 5 nitrogen and oxygen atoms in total. The second-order valence-electron chi connectivity index (χ2n) is 5.50. The molecule has 0 radical (unpaired) electrons. The summed E-state index contributed by atoms with van der Waals surface area (Å²) >= 11 is 0. The van der Waals surface area contributed by atoms with Gasteiger partial charge in [0.2, 0.25) is 11.8 Å². The Balaban J connectivity index is 2.62. The van der Waals surface area contributed by atoms with Crippen LogP contribution in [0.25, 0.3) is 0 Å². The zero-order valence-corrected chi connectivity index (χ0v) is 12.4. The molecule has 110 valence electrons. The monoisotopic (exact) mass is 270 g/mol. The first-order valence-corrected chi connectivity index (χ1v) is 7.10. The van der Waals surface area contributed by atoms with Crippen molar-refractivity contribution in [2.45, 2.75) is 39.7 Å². The van der Waals surface area contributed by atoms with Crippen molar-refractivity contribution in [1.29, 1.82) is 0 Å². The van der Waals surface area contributed by atoms with E-state index in [1.165, 1.54) is 0 Å².